The smallest absolute Gasteiger partial charge is 0.337 e. The molecule has 2 N–H and O–H groups in total. The Kier molecular flexibility index (Phi) is 2.29. The van der Waals surface area contributed by atoms with E-state index in [2.05, 4.69) is 15.5 Å². The van der Waals surface area contributed by atoms with E-state index in [0.29, 0.717) is 11.6 Å². The Bertz CT molecular complexity index is 572. The van der Waals surface area contributed by atoms with Crippen molar-refractivity contribution in [3.05, 3.63) is 29.7 Å². The summed E-state index contributed by atoms with van der Waals surface area (Å²) in [6.45, 7) is 1.84. The number of fused-ring (bicyclic) bond motifs is 1. The molecular formula is C11H12N4O2. The summed E-state index contributed by atoms with van der Waals surface area (Å²) >= 11 is 0. The van der Waals surface area contributed by atoms with E-state index in [0.717, 1.165) is 25.3 Å². The van der Waals surface area contributed by atoms with E-state index in [4.69, 9.17) is 5.11 Å². The van der Waals surface area contributed by atoms with Gasteiger partial charge in [0.1, 0.15) is 5.82 Å². The molecule has 2 aromatic heterocycles. The second-order valence-electron chi connectivity index (χ2n) is 4.20. The highest BCUT2D eigenvalue weighted by atomic mass is 16.4. The molecule has 6 heteroatoms. The lowest BCUT2D eigenvalue weighted by Gasteiger charge is -2.06. The summed E-state index contributed by atoms with van der Waals surface area (Å²) in [6.07, 6.45) is 2.60. The molecule has 0 amide bonds. The summed E-state index contributed by atoms with van der Waals surface area (Å²) in [7, 11) is 0. The maximum atomic E-state index is 10.9. The zero-order chi connectivity index (χ0) is 11.8. The Labute approximate surface area is 97.3 Å². The summed E-state index contributed by atoms with van der Waals surface area (Å²) in [5.74, 6) is 0.221. The van der Waals surface area contributed by atoms with Gasteiger partial charge in [0.25, 0.3) is 0 Å². The van der Waals surface area contributed by atoms with Crippen molar-refractivity contribution in [2.75, 3.05) is 13.1 Å². The van der Waals surface area contributed by atoms with E-state index in [1.807, 2.05) is 0 Å². The second-order valence-corrected chi connectivity index (χ2v) is 4.20. The normalized spacial score (nSPS) is 19.9. The fourth-order valence-electron chi connectivity index (χ4n) is 2.19. The SMILES string of the molecule is O=C(O)c1ccc2nnc(C3CCNC3)n2c1. The van der Waals surface area contributed by atoms with E-state index >= 15 is 0 Å². The van der Waals surface area contributed by atoms with E-state index in [1.54, 1.807) is 22.7 Å². The van der Waals surface area contributed by atoms with Gasteiger partial charge in [-0.25, -0.2) is 4.79 Å². The van der Waals surface area contributed by atoms with Crippen LogP contribution in [-0.4, -0.2) is 38.8 Å². The molecule has 0 aromatic carbocycles. The van der Waals surface area contributed by atoms with Crippen LogP contribution in [0.3, 0.4) is 0 Å². The molecule has 0 bridgehead atoms. The van der Waals surface area contributed by atoms with E-state index < -0.39 is 5.97 Å². The molecule has 3 heterocycles. The third-order valence-electron chi connectivity index (χ3n) is 3.10. The van der Waals surface area contributed by atoms with Gasteiger partial charge < -0.3 is 10.4 Å². The monoisotopic (exact) mass is 232 g/mol. The summed E-state index contributed by atoms with van der Waals surface area (Å²) in [4.78, 5) is 10.9. The van der Waals surface area contributed by atoms with Crippen molar-refractivity contribution in [3.63, 3.8) is 0 Å². The van der Waals surface area contributed by atoms with Gasteiger partial charge in [-0.05, 0) is 25.1 Å². The first-order valence-corrected chi connectivity index (χ1v) is 5.54. The van der Waals surface area contributed by atoms with Gasteiger partial charge in [-0.3, -0.25) is 4.40 Å². The van der Waals surface area contributed by atoms with E-state index in [-0.39, 0.29) is 5.56 Å². The lowest BCUT2D eigenvalue weighted by molar-refractivity contribution is 0.0696. The van der Waals surface area contributed by atoms with Crippen LogP contribution in [0, 0.1) is 0 Å². The standard InChI is InChI=1S/C11H12N4O2/c16-11(17)8-1-2-9-13-14-10(15(9)6-8)7-3-4-12-5-7/h1-2,6-7,12H,3-5H2,(H,16,17). The highest BCUT2D eigenvalue weighted by molar-refractivity contribution is 5.87. The van der Waals surface area contributed by atoms with Crippen molar-refractivity contribution in [3.8, 4) is 0 Å². The maximum absolute atomic E-state index is 10.9. The number of nitrogens with one attached hydrogen (secondary N) is 1. The number of rotatable bonds is 2. The number of aromatic carboxylic acids is 1. The van der Waals surface area contributed by atoms with Crippen LogP contribution in [-0.2, 0) is 0 Å². The summed E-state index contributed by atoms with van der Waals surface area (Å²) in [5.41, 5.74) is 0.946. The molecule has 0 spiro atoms. The minimum absolute atomic E-state index is 0.254. The molecule has 1 aliphatic heterocycles. The molecule has 0 radical (unpaired) electrons. The van der Waals surface area contributed by atoms with E-state index in [1.165, 1.54) is 0 Å². The average Bonchev–Trinajstić information content (AvgIpc) is 2.96. The quantitative estimate of drug-likeness (QED) is 0.788. The van der Waals surface area contributed by atoms with Gasteiger partial charge in [0.2, 0.25) is 0 Å². The van der Waals surface area contributed by atoms with Crippen molar-refractivity contribution in [1.82, 2.24) is 19.9 Å². The molecule has 1 atom stereocenters. The first kappa shape index (κ1) is 10.2. The molecule has 1 saturated heterocycles. The highest BCUT2D eigenvalue weighted by Gasteiger charge is 2.22. The number of hydrogen-bond donors (Lipinski definition) is 2. The van der Waals surface area contributed by atoms with Gasteiger partial charge >= 0.3 is 5.97 Å². The van der Waals surface area contributed by atoms with Crippen molar-refractivity contribution < 1.29 is 9.90 Å². The molecule has 17 heavy (non-hydrogen) atoms. The summed E-state index contributed by atoms with van der Waals surface area (Å²) in [5, 5.41) is 20.5. The Hall–Kier alpha value is -1.95. The van der Waals surface area contributed by atoms with Crippen LogP contribution in [0.2, 0.25) is 0 Å². The molecular weight excluding hydrogens is 220 g/mol. The van der Waals surface area contributed by atoms with Crippen molar-refractivity contribution in [1.29, 1.82) is 0 Å². The lowest BCUT2D eigenvalue weighted by atomic mass is 10.1. The van der Waals surface area contributed by atoms with Crippen LogP contribution in [0.15, 0.2) is 18.3 Å². The number of aromatic nitrogens is 3. The largest absolute Gasteiger partial charge is 0.478 e. The second kappa shape index (κ2) is 3.81. The third-order valence-corrected chi connectivity index (χ3v) is 3.10. The number of nitrogens with zero attached hydrogens (tertiary/aromatic N) is 3. The van der Waals surface area contributed by atoms with Crippen molar-refractivity contribution in [2.24, 2.45) is 0 Å². The van der Waals surface area contributed by atoms with Gasteiger partial charge in [-0.2, -0.15) is 0 Å². The zero-order valence-corrected chi connectivity index (χ0v) is 9.13. The topological polar surface area (TPSA) is 79.5 Å². The first-order valence-electron chi connectivity index (χ1n) is 5.54. The number of carboxylic acid groups (broad SMARTS) is 1. The van der Waals surface area contributed by atoms with Crippen molar-refractivity contribution >= 4 is 11.6 Å². The molecule has 3 rings (SSSR count). The van der Waals surface area contributed by atoms with Crippen LogP contribution in [0.25, 0.3) is 5.65 Å². The Morgan fingerprint density at radius 3 is 3.06 bits per heavy atom. The Balaban J connectivity index is 2.11. The summed E-state index contributed by atoms with van der Waals surface area (Å²) in [6, 6.07) is 3.23. The van der Waals surface area contributed by atoms with Crippen LogP contribution in [0.1, 0.15) is 28.5 Å². The number of carbonyl (C=O) groups is 1. The van der Waals surface area contributed by atoms with Gasteiger partial charge in [-0.15, -0.1) is 10.2 Å². The number of hydrogen-bond acceptors (Lipinski definition) is 4. The first-order chi connectivity index (χ1) is 8.25. The third kappa shape index (κ3) is 1.66. The van der Waals surface area contributed by atoms with Gasteiger partial charge in [0, 0.05) is 18.7 Å². The highest BCUT2D eigenvalue weighted by Crippen LogP contribution is 2.21. The molecule has 2 aromatic rings. The maximum Gasteiger partial charge on any atom is 0.337 e. The fraction of sp³-hybridized carbons (Fsp3) is 0.364. The summed E-state index contributed by atoms with van der Waals surface area (Å²) < 4.78 is 1.78. The molecule has 1 fully saturated rings. The molecule has 88 valence electrons. The predicted molar refractivity (Wildman–Crippen MR) is 60.2 cm³/mol. The van der Waals surface area contributed by atoms with Gasteiger partial charge in [-0.1, -0.05) is 0 Å². The average molecular weight is 232 g/mol. The number of pyridine rings is 1. The van der Waals surface area contributed by atoms with Crippen LogP contribution >= 0.6 is 0 Å². The minimum Gasteiger partial charge on any atom is -0.478 e. The minimum atomic E-state index is -0.934. The van der Waals surface area contributed by atoms with Gasteiger partial charge in [0.15, 0.2) is 5.65 Å². The van der Waals surface area contributed by atoms with Crippen LogP contribution < -0.4 is 5.32 Å². The van der Waals surface area contributed by atoms with Gasteiger partial charge in [0.05, 0.1) is 5.56 Å². The molecule has 6 nitrogen and oxygen atoms in total. The van der Waals surface area contributed by atoms with Crippen LogP contribution in [0.5, 0.6) is 0 Å². The fourth-order valence-corrected chi connectivity index (χ4v) is 2.19. The Morgan fingerprint density at radius 2 is 2.35 bits per heavy atom. The molecule has 1 unspecified atom stereocenters. The van der Waals surface area contributed by atoms with E-state index in [9.17, 15) is 4.79 Å². The van der Waals surface area contributed by atoms with Crippen LogP contribution in [0.4, 0.5) is 0 Å². The predicted octanol–water partition coefficient (Wildman–Crippen LogP) is 0.504. The van der Waals surface area contributed by atoms with Crippen molar-refractivity contribution in [2.45, 2.75) is 12.3 Å². The Morgan fingerprint density at radius 1 is 1.47 bits per heavy atom. The molecule has 0 aliphatic carbocycles. The lowest BCUT2D eigenvalue weighted by Crippen LogP contribution is -2.10. The number of carboxylic acids is 1. The zero-order valence-electron chi connectivity index (χ0n) is 9.13. The molecule has 1 aliphatic rings. The molecule has 0 saturated carbocycles.